The lowest BCUT2D eigenvalue weighted by molar-refractivity contribution is -0.123. The molecule has 3 aromatic rings. The summed E-state index contributed by atoms with van der Waals surface area (Å²) in [6.45, 7) is 2.88. The molecule has 30 heavy (non-hydrogen) atoms. The van der Waals surface area contributed by atoms with Crippen molar-refractivity contribution in [2.24, 2.45) is 0 Å². The number of carbonyl (C=O) groups excluding carboxylic acids is 1. The molecule has 0 saturated carbocycles. The molecule has 2 N–H and O–H groups in total. The maximum atomic E-state index is 13.2. The van der Waals surface area contributed by atoms with Gasteiger partial charge in [-0.15, -0.1) is 0 Å². The van der Waals surface area contributed by atoms with Crippen molar-refractivity contribution in [1.82, 2.24) is 19.9 Å². The van der Waals surface area contributed by atoms with E-state index in [1.54, 1.807) is 13.0 Å². The normalized spacial score (nSPS) is 15.8. The highest BCUT2D eigenvalue weighted by atomic mass is 19.1. The van der Waals surface area contributed by atoms with Gasteiger partial charge in [-0.1, -0.05) is 6.07 Å². The van der Waals surface area contributed by atoms with Crippen LogP contribution in [0.1, 0.15) is 43.1 Å². The Hall–Kier alpha value is -3.20. The van der Waals surface area contributed by atoms with Crippen LogP contribution in [0.5, 0.6) is 5.75 Å². The van der Waals surface area contributed by atoms with Crippen LogP contribution in [-0.2, 0) is 9.53 Å². The van der Waals surface area contributed by atoms with Gasteiger partial charge in [-0.3, -0.25) is 14.7 Å². The molecule has 3 heterocycles. The summed E-state index contributed by atoms with van der Waals surface area (Å²) >= 11 is 0. The fraction of sp³-hybridized carbons (Fsp3) is 0.381. The standard InChI is InChI=1S/C21H23FN4O4/c1-13(23-20(27)12-30-16-4-2-3-15(22)9-16)17-11-21(28)26-19(24-17)10-18(25-26)14-5-7-29-8-6-14/h2-4,9-11,13-14,25H,5-8,12H2,1H3,(H,23,27)/t13-/m1/s1. The molecular formula is C21H23FN4O4. The molecule has 9 heteroatoms. The molecule has 1 aromatic carbocycles. The van der Waals surface area contributed by atoms with Crippen molar-refractivity contribution in [1.29, 1.82) is 0 Å². The molecule has 1 atom stereocenters. The van der Waals surface area contributed by atoms with Crippen LogP contribution < -0.4 is 15.6 Å². The molecule has 158 valence electrons. The predicted molar refractivity (Wildman–Crippen MR) is 107 cm³/mol. The summed E-state index contributed by atoms with van der Waals surface area (Å²) in [5.41, 5.74) is 1.68. The van der Waals surface area contributed by atoms with Gasteiger partial charge in [0.25, 0.3) is 11.5 Å². The van der Waals surface area contributed by atoms with E-state index >= 15 is 0 Å². The van der Waals surface area contributed by atoms with Gasteiger partial charge in [-0.05, 0) is 31.9 Å². The summed E-state index contributed by atoms with van der Waals surface area (Å²) in [7, 11) is 0. The number of hydrogen-bond donors (Lipinski definition) is 2. The van der Waals surface area contributed by atoms with Crippen LogP contribution in [0.2, 0.25) is 0 Å². The predicted octanol–water partition coefficient (Wildman–Crippen LogP) is 2.31. The van der Waals surface area contributed by atoms with Gasteiger partial charge < -0.3 is 14.8 Å². The summed E-state index contributed by atoms with van der Waals surface area (Å²) in [4.78, 5) is 29.2. The van der Waals surface area contributed by atoms with E-state index < -0.39 is 17.8 Å². The van der Waals surface area contributed by atoms with Gasteiger partial charge in [-0.2, -0.15) is 0 Å². The van der Waals surface area contributed by atoms with Gasteiger partial charge in [-0.25, -0.2) is 13.9 Å². The van der Waals surface area contributed by atoms with Crippen molar-refractivity contribution in [3.63, 3.8) is 0 Å². The first-order valence-corrected chi connectivity index (χ1v) is 9.87. The fourth-order valence-corrected chi connectivity index (χ4v) is 3.53. The lowest BCUT2D eigenvalue weighted by Crippen LogP contribution is -2.32. The Labute approximate surface area is 172 Å². The van der Waals surface area contributed by atoms with Gasteiger partial charge in [0.1, 0.15) is 11.6 Å². The van der Waals surface area contributed by atoms with Crippen LogP contribution in [-0.4, -0.2) is 40.3 Å². The Morgan fingerprint density at radius 2 is 2.17 bits per heavy atom. The number of nitrogens with one attached hydrogen (secondary N) is 2. The van der Waals surface area contributed by atoms with E-state index in [1.165, 1.54) is 28.8 Å². The molecule has 0 radical (unpaired) electrons. The molecule has 2 aromatic heterocycles. The van der Waals surface area contributed by atoms with Crippen LogP contribution in [0.25, 0.3) is 5.65 Å². The highest BCUT2D eigenvalue weighted by Gasteiger charge is 2.20. The highest BCUT2D eigenvalue weighted by molar-refractivity contribution is 5.77. The molecule has 8 nitrogen and oxygen atoms in total. The Bertz CT molecular complexity index is 1100. The number of halogens is 1. The number of hydrogen-bond acceptors (Lipinski definition) is 5. The Kier molecular flexibility index (Phi) is 5.80. The summed E-state index contributed by atoms with van der Waals surface area (Å²) in [6.07, 6.45) is 1.79. The van der Waals surface area contributed by atoms with Crippen LogP contribution in [0, 0.1) is 5.82 Å². The number of rotatable bonds is 6. The third kappa shape index (κ3) is 4.51. The lowest BCUT2D eigenvalue weighted by Gasteiger charge is -2.20. The summed E-state index contributed by atoms with van der Waals surface area (Å²) in [5, 5.41) is 5.88. The minimum atomic E-state index is -0.493. The number of fused-ring (bicyclic) bond motifs is 1. The van der Waals surface area contributed by atoms with Gasteiger partial charge in [0.15, 0.2) is 12.3 Å². The Balaban J connectivity index is 1.44. The summed E-state index contributed by atoms with van der Waals surface area (Å²) < 4.78 is 25.3. The van der Waals surface area contributed by atoms with Crippen molar-refractivity contribution in [3.05, 3.63) is 64.0 Å². The zero-order valence-electron chi connectivity index (χ0n) is 16.6. The van der Waals surface area contributed by atoms with E-state index in [1.807, 2.05) is 6.07 Å². The number of ether oxygens (including phenoxy) is 2. The third-order valence-electron chi connectivity index (χ3n) is 5.14. The monoisotopic (exact) mass is 414 g/mol. The van der Waals surface area contributed by atoms with Crippen molar-refractivity contribution < 1.29 is 18.7 Å². The molecule has 0 unspecified atom stereocenters. The SMILES string of the molecule is C[C@@H](NC(=O)COc1cccc(F)c1)c1cc(=O)n2[nH]c(C3CCOCC3)cc2n1. The molecule has 0 spiro atoms. The Morgan fingerprint density at radius 1 is 1.37 bits per heavy atom. The van der Waals surface area contributed by atoms with Crippen molar-refractivity contribution in [2.75, 3.05) is 19.8 Å². The average Bonchev–Trinajstić information content (AvgIpc) is 3.18. The summed E-state index contributed by atoms with van der Waals surface area (Å²) in [6, 6.07) is 8.35. The van der Waals surface area contributed by atoms with E-state index in [2.05, 4.69) is 15.4 Å². The molecule has 1 fully saturated rings. The smallest absolute Gasteiger partial charge is 0.272 e. The van der Waals surface area contributed by atoms with E-state index in [0.29, 0.717) is 30.5 Å². The molecule has 0 aliphatic carbocycles. The average molecular weight is 414 g/mol. The van der Waals surface area contributed by atoms with Crippen molar-refractivity contribution in [3.8, 4) is 5.75 Å². The largest absolute Gasteiger partial charge is 0.484 e. The van der Waals surface area contributed by atoms with Gasteiger partial charge in [0.2, 0.25) is 0 Å². The van der Waals surface area contributed by atoms with Gasteiger partial charge in [0, 0.05) is 43.0 Å². The van der Waals surface area contributed by atoms with Crippen molar-refractivity contribution in [2.45, 2.75) is 31.7 Å². The molecular weight excluding hydrogens is 391 g/mol. The number of nitrogens with zero attached hydrogens (tertiary/aromatic N) is 2. The number of amides is 1. The van der Waals surface area contributed by atoms with Crippen LogP contribution >= 0.6 is 0 Å². The molecule has 0 bridgehead atoms. The zero-order valence-corrected chi connectivity index (χ0v) is 16.6. The first-order chi connectivity index (χ1) is 14.5. The van der Waals surface area contributed by atoms with Gasteiger partial charge >= 0.3 is 0 Å². The van der Waals surface area contributed by atoms with Crippen molar-refractivity contribution >= 4 is 11.6 Å². The molecule has 1 aliphatic rings. The Morgan fingerprint density at radius 3 is 2.93 bits per heavy atom. The molecule has 1 amide bonds. The van der Waals surface area contributed by atoms with E-state index in [-0.39, 0.29) is 17.9 Å². The number of aromatic nitrogens is 3. The number of carbonyl (C=O) groups is 1. The maximum Gasteiger partial charge on any atom is 0.272 e. The first kappa shape index (κ1) is 20.1. The second-order valence-corrected chi connectivity index (χ2v) is 7.35. The summed E-state index contributed by atoms with van der Waals surface area (Å²) in [5.74, 6) is -0.263. The minimum absolute atomic E-state index is 0.245. The topological polar surface area (TPSA) is 97.7 Å². The number of aromatic amines is 1. The second kappa shape index (κ2) is 8.66. The molecule has 1 saturated heterocycles. The maximum absolute atomic E-state index is 13.2. The second-order valence-electron chi connectivity index (χ2n) is 7.35. The third-order valence-corrected chi connectivity index (χ3v) is 5.14. The highest BCUT2D eigenvalue weighted by Crippen LogP contribution is 2.26. The van der Waals surface area contributed by atoms with Crippen LogP contribution in [0.4, 0.5) is 4.39 Å². The zero-order chi connectivity index (χ0) is 21.1. The number of H-pyrrole nitrogens is 1. The first-order valence-electron chi connectivity index (χ1n) is 9.87. The van der Waals surface area contributed by atoms with E-state index in [0.717, 1.165) is 18.5 Å². The minimum Gasteiger partial charge on any atom is -0.484 e. The molecule has 4 rings (SSSR count). The number of benzene rings is 1. The van der Waals surface area contributed by atoms with Crippen LogP contribution in [0.3, 0.4) is 0 Å². The lowest BCUT2D eigenvalue weighted by atomic mass is 9.97. The van der Waals surface area contributed by atoms with E-state index in [4.69, 9.17) is 9.47 Å². The van der Waals surface area contributed by atoms with Gasteiger partial charge in [0.05, 0.1) is 11.7 Å². The molecule has 1 aliphatic heterocycles. The van der Waals surface area contributed by atoms with Crippen LogP contribution in [0.15, 0.2) is 41.2 Å². The fourth-order valence-electron chi connectivity index (χ4n) is 3.53. The quantitative estimate of drug-likeness (QED) is 0.645. The van der Waals surface area contributed by atoms with E-state index in [9.17, 15) is 14.0 Å².